The topological polar surface area (TPSA) is 12.0 Å². The molecule has 1 aliphatic rings. The summed E-state index contributed by atoms with van der Waals surface area (Å²) in [6.07, 6.45) is 4.95. The summed E-state index contributed by atoms with van der Waals surface area (Å²) in [7, 11) is 0. The summed E-state index contributed by atoms with van der Waals surface area (Å²) in [5, 5.41) is 3.72. The summed E-state index contributed by atoms with van der Waals surface area (Å²) in [6.45, 7) is 5.76. The lowest BCUT2D eigenvalue weighted by Gasteiger charge is -2.31. The average Bonchev–Trinajstić information content (AvgIpc) is 2.40. The summed E-state index contributed by atoms with van der Waals surface area (Å²) >= 11 is 0. The minimum atomic E-state index is 0.196. The lowest BCUT2D eigenvalue weighted by atomic mass is 9.85. The summed E-state index contributed by atoms with van der Waals surface area (Å²) < 4.78 is 0. The minimum absolute atomic E-state index is 0.196. The Hall–Kier alpha value is -0.820. The van der Waals surface area contributed by atoms with Crippen LogP contribution in [0.25, 0.3) is 0 Å². The van der Waals surface area contributed by atoms with Gasteiger partial charge in [-0.05, 0) is 43.9 Å². The number of benzene rings is 1. The van der Waals surface area contributed by atoms with Gasteiger partial charge in [-0.1, -0.05) is 37.6 Å². The smallest absolute Gasteiger partial charge is 0.0408 e. The molecule has 1 nitrogen and oxygen atoms in total. The fourth-order valence-electron chi connectivity index (χ4n) is 2.74. The summed E-state index contributed by atoms with van der Waals surface area (Å²) in [6, 6.07) is 8.91. The molecule has 2 rings (SSSR count). The highest BCUT2D eigenvalue weighted by Crippen LogP contribution is 2.31. The van der Waals surface area contributed by atoms with Crippen LogP contribution < -0.4 is 5.32 Å². The maximum absolute atomic E-state index is 3.72. The van der Waals surface area contributed by atoms with Crippen LogP contribution in [-0.2, 0) is 12.0 Å². The molecule has 1 aromatic rings. The molecule has 1 heteroatoms. The molecule has 0 bridgehead atoms. The molecule has 0 amide bonds. The van der Waals surface area contributed by atoms with Crippen LogP contribution in [0, 0.1) is 0 Å². The van der Waals surface area contributed by atoms with Crippen molar-refractivity contribution >= 4 is 0 Å². The van der Waals surface area contributed by atoms with E-state index in [-0.39, 0.29) is 5.54 Å². The highest BCUT2D eigenvalue weighted by Gasteiger charge is 2.28. The maximum atomic E-state index is 3.72. The minimum Gasteiger partial charge on any atom is -0.308 e. The number of rotatable bonds is 2. The van der Waals surface area contributed by atoms with Gasteiger partial charge in [0.05, 0.1) is 0 Å². The van der Waals surface area contributed by atoms with E-state index < -0.39 is 0 Å². The van der Waals surface area contributed by atoms with Crippen molar-refractivity contribution in [3.8, 4) is 0 Å². The molecule has 0 saturated heterocycles. The third kappa shape index (κ3) is 2.07. The Morgan fingerprint density at radius 1 is 1.33 bits per heavy atom. The molecule has 0 fully saturated rings. The van der Waals surface area contributed by atoms with Gasteiger partial charge >= 0.3 is 0 Å². The van der Waals surface area contributed by atoms with Crippen molar-refractivity contribution in [2.75, 3.05) is 6.54 Å². The molecule has 1 aliphatic heterocycles. The third-order valence-corrected chi connectivity index (χ3v) is 3.50. The van der Waals surface area contributed by atoms with E-state index >= 15 is 0 Å². The van der Waals surface area contributed by atoms with Crippen molar-refractivity contribution in [1.29, 1.82) is 0 Å². The zero-order chi connectivity index (χ0) is 10.7. The molecular weight excluding hydrogens is 182 g/mol. The lowest BCUT2D eigenvalue weighted by Crippen LogP contribution is -2.39. The number of aryl methyl sites for hydroxylation is 1. The van der Waals surface area contributed by atoms with E-state index in [1.165, 1.54) is 31.2 Å². The van der Waals surface area contributed by atoms with Gasteiger partial charge in [-0.15, -0.1) is 0 Å². The van der Waals surface area contributed by atoms with Gasteiger partial charge < -0.3 is 5.32 Å². The van der Waals surface area contributed by atoms with E-state index in [1.54, 1.807) is 5.56 Å². The Kier molecular flexibility index (Phi) is 3.11. The monoisotopic (exact) mass is 203 g/mol. The lowest BCUT2D eigenvalue weighted by molar-refractivity contribution is 0.343. The SMILES string of the molecule is CCC[C@@]1(C)NCCCc2ccccc21. The fraction of sp³-hybridized carbons (Fsp3) is 0.571. The molecule has 0 saturated carbocycles. The number of nitrogens with one attached hydrogen (secondary N) is 1. The highest BCUT2D eigenvalue weighted by molar-refractivity contribution is 5.34. The standard InChI is InChI=1S/C14H21N/c1-3-10-14(2)13-9-5-4-7-12(13)8-6-11-15-14/h4-5,7,9,15H,3,6,8,10-11H2,1-2H3/t14-/m1/s1. The molecule has 1 N–H and O–H groups in total. The first-order chi connectivity index (χ1) is 7.26. The van der Waals surface area contributed by atoms with Crippen LogP contribution in [0.4, 0.5) is 0 Å². The van der Waals surface area contributed by atoms with Crippen molar-refractivity contribution < 1.29 is 0 Å². The van der Waals surface area contributed by atoms with Crippen LogP contribution in [0.15, 0.2) is 24.3 Å². The summed E-state index contributed by atoms with van der Waals surface area (Å²) in [5.74, 6) is 0. The quantitative estimate of drug-likeness (QED) is 0.778. The largest absolute Gasteiger partial charge is 0.308 e. The average molecular weight is 203 g/mol. The normalized spacial score (nSPS) is 25.7. The zero-order valence-electron chi connectivity index (χ0n) is 9.84. The second-order valence-electron chi connectivity index (χ2n) is 4.77. The molecule has 1 aromatic carbocycles. The molecule has 1 atom stereocenters. The molecular formula is C14H21N. The van der Waals surface area contributed by atoms with Crippen LogP contribution in [0.3, 0.4) is 0 Å². The van der Waals surface area contributed by atoms with E-state index in [0.29, 0.717) is 0 Å². The van der Waals surface area contributed by atoms with Crippen LogP contribution in [0.1, 0.15) is 44.2 Å². The van der Waals surface area contributed by atoms with E-state index in [2.05, 4.69) is 43.4 Å². The molecule has 0 radical (unpaired) electrons. The van der Waals surface area contributed by atoms with E-state index in [9.17, 15) is 0 Å². The number of hydrogen-bond acceptors (Lipinski definition) is 1. The number of hydrogen-bond donors (Lipinski definition) is 1. The molecule has 82 valence electrons. The predicted molar refractivity (Wildman–Crippen MR) is 65.0 cm³/mol. The second kappa shape index (κ2) is 4.36. The number of fused-ring (bicyclic) bond motifs is 1. The first kappa shape index (κ1) is 10.7. The van der Waals surface area contributed by atoms with Gasteiger partial charge in [0.2, 0.25) is 0 Å². The molecule has 15 heavy (non-hydrogen) atoms. The van der Waals surface area contributed by atoms with Gasteiger partial charge in [0, 0.05) is 5.54 Å². The van der Waals surface area contributed by atoms with Gasteiger partial charge in [-0.3, -0.25) is 0 Å². The van der Waals surface area contributed by atoms with Crippen LogP contribution in [0.2, 0.25) is 0 Å². The molecule has 0 aliphatic carbocycles. The van der Waals surface area contributed by atoms with Crippen LogP contribution in [-0.4, -0.2) is 6.54 Å². The van der Waals surface area contributed by atoms with Gasteiger partial charge in [0.1, 0.15) is 0 Å². The van der Waals surface area contributed by atoms with E-state index in [1.807, 2.05) is 0 Å². The molecule has 1 heterocycles. The highest BCUT2D eigenvalue weighted by atomic mass is 15.0. The maximum Gasteiger partial charge on any atom is 0.0408 e. The Balaban J connectivity index is 2.40. The van der Waals surface area contributed by atoms with Crippen LogP contribution in [0.5, 0.6) is 0 Å². The molecule has 0 spiro atoms. The van der Waals surface area contributed by atoms with Gasteiger partial charge in [0.15, 0.2) is 0 Å². The Labute approximate surface area is 92.9 Å². The van der Waals surface area contributed by atoms with Crippen molar-refractivity contribution in [2.45, 2.75) is 45.1 Å². The molecule has 0 unspecified atom stereocenters. The van der Waals surface area contributed by atoms with E-state index in [0.717, 1.165) is 6.54 Å². The van der Waals surface area contributed by atoms with Crippen molar-refractivity contribution in [3.63, 3.8) is 0 Å². The van der Waals surface area contributed by atoms with Gasteiger partial charge in [-0.25, -0.2) is 0 Å². The second-order valence-corrected chi connectivity index (χ2v) is 4.77. The van der Waals surface area contributed by atoms with Gasteiger partial charge in [-0.2, -0.15) is 0 Å². The van der Waals surface area contributed by atoms with Gasteiger partial charge in [0.25, 0.3) is 0 Å². The summed E-state index contributed by atoms with van der Waals surface area (Å²) in [4.78, 5) is 0. The predicted octanol–water partition coefficient (Wildman–Crippen LogP) is 3.24. The Morgan fingerprint density at radius 3 is 2.93 bits per heavy atom. The van der Waals surface area contributed by atoms with Crippen molar-refractivity contribution in [2.24, 2.45) is 0 Å². The summed E-state index contributed by atoms with van der Waals surface area (Å²) in [5.41, 5.74) is 3.25. The van der Waals surface area contributed by atoms with Crippen molar-refractivity contribution in [3.05, 3.63) is 35.4 Å². The van der Waals surface area contributed by atoms with Crippen molar-refractivity contribution in [1.82, 2.24) is 5.32 Å². The first-order valence-electron chi connectivity index (χ1n) is 6.10. The first-order valence-corrected chi connectivity index (χ1v) is 6.10. The third-order valence-electron chi connectivity index (χ3n) is 3.50. The molecule has 0 aromatic heterocycles. The zero-order valence-corrected chi connectivity index (χ0v) is 9.84. The Morgan fingerprint density at radius 2 is 2.13 bits per heavy atom. The fourth-order valence-corrected chi connectivity index (χ4v) is 2.74. The van der Waals surface area contributed by atoms with E-state index in [4.69, 9.17) is 0 Å². The van der Waals surface area contributed by atoms with Crippen LogP contribution >= 0.6 is 0 Å². The Bertz CT molecular complexity index is 332.